The Hall–Kier alpha value is -2.70. The van der Waals surface area contributed by atoms with Crippen LogP contribution in [0.4, 0.5) is 4.79 Å². The molecule has 7 heteroatoms. The van der Waals surface area contributed by atoms with E-state index in [4.69, 9.17) is 4.99 Å². The molecule has 4 aliphatic rings. The Morgan fingerprint density at radius 2 is 1.93 bits per heavy atom. The molecule has 5 rings (SSSR count). The number of rotatable bonds is 3. The number of imide groups is 1. The Kier molecular flexibility index (Phi) is 4.83. The molecule has 1 aliphatic carbocycles. The minimum Gasteiger partial charge on any atom is -0.270 e. The number of fused-ring (bicyclic) bond motifs is 2. The highest BCUT2D eigenvalue weighted by molar-refractivity contribution is 6.22. The van der Waals surface area contributed by atoms with Gasteiger partial charge in [-0.2, -0.15) is 0 Å². The Morgan fingerprint density at radius 3 is 2.70 bits per heavy atom. The zero-order valence-corrected chi connectivity index (χ0v) is 17.9. The fourth-order valence-electron chi connectivity index (χ4n) is 5.35. The van der Waals surface area contributed by atoms with E-state index in [9.17, 15) is 9.59 Å². The number of urea groups is 1. The van der Waals surface area contributed by atoms with Crippen LogP contribution in [0.2, 0.25) is 0 Å². The van der Waals surface area contributed by atoms with Crippen molar-refractivity contribution in [2.75, 3.05) is 20.1 Å². The van der Waals surface area contributed by atoms with Crippen molar-refractivity contribution in [3.63, 3.8) is 0 Å². The highest BCUT2D eigenvalue weighted by Gasteiger charge is 2.54. The van der Waals surface area contributed by atoms with E-state index in [1.165, 1.54) is 37.0 Å². The van der Waals surface area contributed by atoms with E-state index in [0.717, 1.165) is 36.6 Å². The molecule has 1 unspecified atom stereocenters. The number of amides is 3. The normalized spacial score (nSPS) is 24.9. The van der Waals surface area contributed by atoms with Crippen molar-refractivity contribution in [3.8, 4) is 0 Å². The van der Waals surface area contributed by atoms with Crippen LogP contribution < -0.4 is 0 Å². The number of benzene rings is 1. The summed E-state index contributed by atoms with van der Waals surface area (Å²) >= 11 is 0. The van der Waals surface area contributed by atoms with Gasteiger partial charge >= 0.3 is 12.0 Å². The number of likely N-dealkylation sites (N-methyl/N-ethyl adjacent to an activating group) is 1. The molecule has 1 saturated heterocycles. The lowest BCUT2D eigenvalue weighted by Crippen LogP contribution is -2.63. The number of aliphatic imine (C=N–C) groups is 1. The van der Waals surface area contributed by atoms with Crippen LogP contribution in [0.1, 0.15) is 49.7 Å². The van der Waals surface area contributed by atoms with Gasteiger partial charge in [-0.1, -0.05) is 54.1 Å². The first-order chi connectivity index (χ1) is 14.5. The van der Waals surface area contributed by atoms with Gasteiger partial charge in [-0.25, -0.2) is 9.37 Å². The fraction of sp³-hybridized carbons (Fsp3) is 0.565. The molecule has 158 valence electrons. The summed E-state index contributed by atoms with van der Waals surface area (Å²) in [7, 11) is 1.74. The quantitative estimate of drug-likeness (QED) is 0.723. The van der Waals surface area contributed by atoms with Crippen LogP contribution in [0, 0.1) is 6.92 Å². The van der Waals surface area contributed by atoms with Crippen LogP contribution >= 0.6 is 0 Å². The number of carbonyl (C=O) groups excluding carboxylic acids is 2. The van der Waals surface area contributed by atoms with Crippen molar-refractivity contribution in [2.45, 2.75) is 64.1 Å². The zero-order valence-electron chi connectivity index (χ0n) is 17.9. The van der Waals surface area contributed by atoms with Gasteiger partial charge in [-0.05, 0) is 25.3 Å². The standard InChI is InChI=1S/C23H30N5O2/c1-16-8-6-9-17(14-16)15-28-21(29)19-20(25(2)23(28)30)24-22-26(12-7-13-27(19)22)18-10-4-3-5-11-18/h6,8-9,14,18-19H,3-5,7,10-13,15H2,1-2H3/q+1. The van der Waals surface area contributed by atoms with Gasteiger partial charge in [0.15, 0.2) is 0 Å². The zero-order chi connectivity index (χ0) is 20.8. The highest BCUT2D eigenvalue weighted by Crippen LogP contribution is 2.29. The molecule has 0 spiro atoms. The van der Waals surface area contributed by atoms with Crippen molar-refractivity contribution < 1.29 is 14.2 Å². The first kappa shape index (κ1) is 19.3. The van der Waals surface area contributed by atoms with Crippen molar-refractivity contribution in [3.05, 3.63) is 35.4 Å². The first-order valence-corrected chi connectivity index (χ1v) is 11.2. The monoisotopic (exact) mass is 408 g/mol. The molecule has 0 N–H and O–H groups in total. The second kappa shape index (κ2) is 7.52. The molecule has 3 aliphatic heterocycles. The smallest absolute Gasteiger partial charge is 0.270 e. The molecule has 1 aromatic carbocycles. The fourth-order valence-corrected chi connectivity index (χ4v) is 5.35. The lowest BCUT2D eigenvalue weighted by molar-refractivity contribution is -0.546. The second-order valence-corrected chi connectivity index (χ2v) is 8.96. The first-order valence-electron chi connectivity index (χ1n) is 11.2. The van der Waals surface area contributed by atoms with Gasteiger partial charge in [-0.15, -0.1) is 0 Å². The van der Waals surface area contributed by atoms with Crippen molar-refractivity contribution in [1.82, 2.24) is 14.7 Å². The molecule has 0 radical (unpaired) electrons. The maximum atomic E-state index is 13.5. The van der Waals surface area contributed by atoms with Crippen LogP contribution in [-0.2, 0) is 11.3 Å². The highest BCUT2D eigenvalue weighted by atomic mass is 16.2. The third-order valence-corrected chi connectivity index (χ3v) is 6.88. The molecule has 30 heavy (non-hydrogen) atoms. The molecule has 3 amide bonds. The number of hydrogen-bond donors (Lipinski definition) is 0. The van der Waals surface area contributed by atoms with E-state index in [1.54, 1.807) is 11.9 Å². The van der Waals surface area contributed by atoms with E-state index >= 15 is 0 Å². The summed E-state index contributed by atoms with van der Waals surface area (Å²) in [4.78, 5) is 36.8. The van der Waals surface area contributed by atoms with Crippen molar-refractivity contribution in [1.29, 1.82) is 0 Å². The number of guanidine groups is 1. The van der Waals surface area contributed by atoms with Gasteiger partial charge in [0.1, 0.15) is 0 Å². The van der Waals surface area contributed by atoms with Crippen molar-refractivity contribution >= 4 is 23.7 Å². The Morgan fingerprint density at radius 1 is 1.13 bits per heavy atom. The van der Waals surface area contributed by atoms with Gasteiger partial charge < -0.3 is 0 Å². The Bertz CT molecular complexity index is 947. The average molecular weight is 409 g/mol. The Labute approximate surface area is 177 Å². The lowest BCUT2D eigenvalue weighted by atomic mass is 9.94. The maximum absolute atomic E-state index is 13.5. The molecule has 1 atom stereocenters. The van der Waals surface area contributed by atoms with Crippen LogP contribution in [0.5, 0.6) is 0 Å². The molecular formula is C23H30N5O2+. The largest absolute Gasteiger partial charge is 0.392 e. The average Bonchev–Trinajstić information content (AvgIpc) is 3.16. The lowest BCUT2D eigenvalue weighted by Gasteiger charge is -2.36. The van der Waals surface area contributed by atoms with E-state index < -0.39 is 6.04 Å². The number of aryl methyl sites for hydroxylation is 1. The van der Waals surface area contributed by atoms with Gasteiger partial charge in [0.25, 0.3) is 5.91 Å². The SMILES string of the molecule is Cc1cccc(CN2C(=O)C3C(=NC4=[N+]3CCCN4C3CCCCC3)N(C)C2=O)c1. The van der Waals surface area contributed by atoms with Crippen LogP contribution in [0.15, 0.2) is 29.3 Å². The van der Waals surface area contributed by atoms with Crippen LogP contribution in [0.25, 0.3) is 0 Å². The van der Waals surface area contributed by atoms with E-state index in [2.05, 4.69) is 9.48 Å². The summed E-state index contributed by atoms with van der Waals surface area (Å²) < 4.78 is 2.14. The van der Waals surface area contributed by atoms with E-state index in [-0.39, 0.29) is 11.9 Å². The second-order valence-electron chi connectivity index (χ2n) is 8.96. The predicted octanol–water partition coefficient (Wildman–Crippen LogP) is 2.58. The number of amidine groups is 1. The minimum atomic E-state index is -0.487. The molecule has 7 nitrogen and oxygen atoms in total. The number of nitrogens with zero attached hydrogens (tertiary/aromatic N) is 5. The summed E-state index contributed by atoms with van der Waals surface area (Å²) in [5, 5.41) is 0. The molecule has 1 aromatic rings. The molecule has 3 heterocycles. The summed E-state index contributed by atoms with van der Waals surface area (Å²) in [6, 6.07) is 7.71. The van der Waals surface area contributed by atoms with E-state index in [1.807, 2.05) is 31.2 Å². The topological polar surface area (TPSA) is 59.2 Å². The predicted molar refractivity (Wildman–Crippen MR) is 114 cm³/mol. The maximum Gasteiger partial charge on any atom is 0.392 e. The van der Waals surface area contributed by atoms with Crippen LogP contribution in [-0.4, -0.2) is 75.2 Å². The number of carbonyl (C=O) groups is 2. The van der Waals surface area contributed by atoms with Gasteiger partial charge in [0.05, 0.1) is 25.7 Å². The molecular weight excluding hydrogens is 378 g/mol. The third kappa shape index (κ3) is 3.11. The molecule has 0 bridgehead atoms. The minimum absolute atomic E-state index is 0.154. The summed E-state index contributed by atoms with van der Waals surface area (Å²) in [5.41, 5.74) is 2.09. The number of hydrogen-bond acceptors (Lipinski definition) is 4. The summed E-state index contributed by atoms with van der Waals surface area (Å²) in [5.74, 6) is 1.33. The van der Waals surface area contributed by atoms with Crippen molar-refractivity contribution in [2.24, 2.45) is 4.99 Å². The Balaban J connectivity index is 1.46. The molecule has 2 fully saturated rings. The van der Waals surface area contributed by atoms with Crippen LogP contribution in [0.3, 0.4) is 0 Å². The molecule has 0 aromatic heterocycles. The summed E-state index contributed by atoms with van der Waals surface area (Å²) in [6.45, 7) is 4.11. The third-order valence-electron chi connectivity index (χ3n) is 6.88. The van der Waals surface area contributed by atoms with Gasteiger partial charge in [0.2, 0.25) is 11.9 Å². The van der Waals surface area contributed by atoms with E-state index in [0.29, 0.717) is 18.4 Å². The van der Waals surface area contributed by atoms with Gasteiger partial charge in [-0.3, -0.25) is 19.5 Å². The van der Waals surface area contributed by atoms with Gasteiger partial charge in [0, 0.05) is 13.5 Å². The molecule has 1 saturated carbocycles. The summed E-state index contributed by atoms with van der Waals surface area (Å²) in [6.07, 6.45) is 7.22.